The predicted molar refractivity (Wildman–Crippen MR) is 159 cm³/mol. The molecular weight excluding hydrogens is 564 g/mol. The summed E-state index contributed by atoms with van der Waals surface area (Å²) in [6, 6.07) is 20.0. The molecule has 8 nitrogen and oxygen atoms in total. The van der Waals surface area contributed by atoms with Crippen molar-refractivity contribution in [3.8, 4) is 17.2 Å². The summed E-state index contributed by atoms with van der Waals surface area (Å²) >= 11 is 6.19. The molecule has 1 aliphatic heterocycles. The maximum Gasteiger partial charge on any atom is 0.246 e. The van der Waals surface area contributed by atoms with Gasteiger partial charge in [0.25, 0.3) is 0 Å². The average molecular weight is 601 g/mol. The number of piperidine rings is 1. The monoisotopic (exact) mass is 600 g/mol. The van der Waals surface area contributed by atoms with Crippen LogP contribution in [0.5, 0.6) is 17.2 Å². The van der Waals surface area contributed by atoms with Gasteiger partial charge in [-0.1, -0.05) is 41.9 Å². The van der Waals surface area contributed by atoms with Gasteiger partial charge in [-0.25, -0.2) is 8.42 Å². The molecule has 0 aromatic heterocycles. The smallest absolute Gasteiger partial charge is 0.246 e. The minimum atomic E-state index is -3.87. The molecule has 0 aliphatic carbocycles. The van der Waals surface area contributed by atoms with Crippen LogP contribution in [0.1, 0.15) is 30.4 Å². The molecule has 1 aliphatic rings. The van der Waals surface area contributed by atoms with Crippen LogP contribution in [-0.2, 0) is 21.4 Å². The summed E-state index contributed by atoms with van der Waals surface area (Å²) in [5, 5.41) is 0.649. The molecular formula is C31H37ClN2O6S. The first-order valence-electron chi connectivity index (χ1n) is 13.5. The first-order valence-corrected chi connectivity index (χ1v) is 15.3. The molecule has 41 heavy (non-hydrogen) atoms. The molecule has 1 fully saturated rings. The fourth-order valence-electron chi connectivity index (χ4n) is 5.04. The van der Waals surface area contributed by atoms with Gasteiger partial charge in [0.2, 0.25) is 15.9 Å². The van der Waals surface area contributed by atoms with E-state index in [0.29, 0.717) is 35.9 Å². The quantitative estimate of drug-likeness (QED) is 0.286. The Kier molecular flexibility index (Phi) is 9.84. The molecule has 1 heterocycles. The molecule has 4 rings (SSSR count). The molecule has 10 heteroatoms. The number of aryl methyl sites for hydroxylation is 1. The molecule has 3 aromatic carbocycles. The zero-order chi connectivity index (χ0) is 29.6. The number of nitrogens with zero attached hydrogens (tertiary/aromatic N) is 2. The van der Waals surface area contributed by atoms with Crippen LogP contribution in [-0.4, -0.2) is 64.5 Å². The van der Waals surface area contributed by atoms with Crippen LogP contribution in [0, 0.1) is 12.3 Å². The Morgan fingerprint density at radius 1 is 0.976 bits per heavy atom. The number of methoxy groups -OCH3 is 2. The molecule has 0 bridgehead atoms. The highest BCUT2D eigenvalue weighted by atomic mass is 35.5. The molecule has 0 radical (unpaired) electrons. The highest BCUT2D eigenvalue weighted by Gasteiger charge is 2.42. The Balaban J connectivity index is 1.54. The van der Waals surface area contributed by atoms with Gasteiger partial charge in [-0.3, -0.25) is 4.79 Å². The van der Waals surface area contributed by atoms with Crippen molar-refractivity contribution in [3.05, 3.63) is 82.9 Å². The summed E-state index contributed by atoms with van der Waals surface area (Å²) in [5.74, 6) is 1.32. The van der Waals surface area contributed by atoms with Crippen molar-refractivity contribution in [1.29, 1.82) is 0 Å². The lowest BCUT2D eigenvalue weighted by atomic mass is 9.76. The maximum absolute atomic E-state index is 13.7. The van der Waals surface area contributed by atoms with E-state index in [9.17, 15) is 13.2 Å². The van der Waals surface area contributed by atoms with Crippen molar-refractivity contribution in [2.45, 2.75) is 37.6 Å². The zero-order valence-corrected chi connectivity index (χ0v) is 25.5. The second kappa shape index (κ2) is 13.1. The van der Waals surface area contributed by atoms with Crippen molar-refractivity contribution in [3.63, 3.8) is 0 Å². The summed E-state index contributed by atoms with van der Waals surface area (Å²) in [5.41, 5.74) is 1.38. The summed E-state index contributed by atoms with van der Waals surface area (Å²) in [6.45, 7) is 3.14. The number of amides is 1. The molecule has 0 unspecified atom stereocenters. The zero-order valence-electron chi connectivity index (χ0n) is 23.9. The van der Waals surface area contributed by atoms with E-state index in [0.717, 1.165) is 11.1 Å². The minimum Gasteiger partial charge on any atom is -0.497 e. The van der Waals surface area contributed by atoms with Crippen LogP contribution in [0.4, 0.5) is 0 Å². The van der Waals surface area contributed by atoms with Gasteiger partial charge in [-0.05, 0) is 61.2 Å². The van der Waals surface area contributed by atoms with Gasteiger partial charge >= 0.3 is 0 Å². The van der Waals surface area contributed by atoms with Crippen LogP contribution in [0.15, 0.2) is 71.6 Å². The third kappa shape index (κ3) is 7.33. The van der Waals surface area contributed by atoms with Gasteiger partial charge in [0.15, 0.2) is 0 Å². The van der Waals surface area contributed by atoms with Gasteiger partial charge in [0.05, 0.1) is 20.8 Å². The standard InChI is InChI=1S/C31H37ClN2O6S/c1-23-18-26(10-12-27(23)32)40-22-31(20-30(35)33(2)21-24-8-6-5-7-9-24)14-16-34(17-15-31)41(36,37)29-19-25(38-3)11-13-28(29)39-4/h5-13,18-19H,14-17,20-22H2,1-4H3. The van der Waals surface area contributed by atoms with E-state index in [4.69, 9.17) is 25.8 Å². The highest BCUT2D eigenvalue weighted by Crippen LogP contribution is 2.40. The molecule has 1 amide bonds. The number of rotatable bonds is 11. The lowest BCUT2D eigenvalue weighted by Crippen LogP contribution is -2.47. The lowest BCUT2D eigenvalue weighted by Gasteiger charge is -2.41. The van der Waals surface area contributed by atoms with Crippen molar-refractivity contribution in [2.75, 3.05) is 41.0 Å². The Morgan fingerprint density at radius 3 is 2.29 bits per heavy atom. The van der Waals surface area contributed by atoms with Crippen LogP contribution in [0.25, 0.3) is 0 Å². The second-order valence-corrected chi connectivity index (χ2v) is 12.8. The Morgan fingerprint density at radius 2 is 1.66 bits per heavy atom. The third-order valence-electron chi connectivity index (χ3n) is 7.66. The van der Waals surface area contributed by atoms with Gasteiger partial charge in [-0.15, -0.1) is 0 Å². The van der Waals surface area contributed by atoms with Crippen molar-refractivity contribution in [1.82, 2.24) is 9.21 Å². The van der Waals surface area contributed by atoms with Crippen LogP contribution >= 0.6 is 11.6 Å². The SMILES string of the molecule is COc1ccc(OC)c(S(=O)(=O)N2CCC(COc3ccc(Cl)c(C)c3)(CC(=O)N(C)Cc3ccccc3)CC2)c1. The molecule has 0 N–H and O–H groups in total. The number of ether oxygens (including phenoxy) is 3. The van der Waals surface area contributed by atoms with E-state index in [1.54, 1.807) is 36.2 Å². The minimum absolute atomic E-state index is 0.0180. The van der Waals surface area contributed by atoms with E-state index in [1.807, 2.05) is 43.3 Å². The van der Waals surface area contributed by atoms with Crippen LogP contribution in [0.3, 0.4) is 0 Å². The Bertz CT molecular complexity index is 1460. The van der Waals surface area contributed by atoms with Crippen molar-refractivity contribution >= 4 is 27.5 Å². The molecule has 220 valence electrons. The number of benzene rings is 3. The van der Waals surface area contributed by atoms with E-state index in [2.05, 4.69) is 0 Å². The maximum atomic E-state index is 13.7. The number of sulfonamides is 1. The number of halogens is 1. The fourth-order valence-corrected chi connectivity index (χ4v) is 6.77. The molecule has 1 saturated heterocycles. The van der Waals surface area contributed by atoms with Crippen LogP contribution in [0.2, 0.25) is 5.02 Å². The Hall–Kier alpha value is -3.27. The molecule has 0 spiro atoms. The van der Waals surface area contributed by atoms with E-state index in [1.165, 1.54) is 24.6 Å². The van der Waals surface area contributed by atoms with Crippen molar-refractivity contribution in [2.24, 2.45) is 5.41 Å². The predicted octanol–water partition coefficient (Wildman–Crippen LogP) is 5.56. The highest BCUT2D eigenvalue weighted by molar-refractivity contribution is 7.89. The summed E-state index contributed by atoms with van der Waals surface area (Å²) in [4.78, 5) is 15.2. The lowest BCUT2D eigenvalue weighted by molar-refractivity contribution is -0.134. The van der Waals surface area contributed by atoms with Gasteiger partial charge in [0, 0.05) is 49.6 Å². The molecule has 0 atom stereocenters. The Labute approximate surface area is 247 Å². The number of carbonyl (C=O) groups is 1. The van der Waals surface area contributed by atoms with Gasteiger partial charge in [0.1, 0.15) is 22.1 Å². The van der Waals surface area contributed by atoms with E-state index < -0.39 is 15.4 Å². The van der Waals surface area contributed by atoms with E-state index >= 15 is 0 Å². The average Bonchev–Trinajstić information content (AvgIpc) is 2.98. The summed E-state index contributed by atoms with van der Waals surface area (Å²) in [7, 11) is 0.847. The summed E-state index contributed by atoms with van der Waals surface area (Å²) in [6.07, 6.45) is 1.14. The van der Waals surface area contributed by atoms with Crippen molar-refractivity contribution < 1.29 is 27.4 Å². The fraction of sp³-hybridized carbons (Fsp3) is 0.387. The van der Waals surface area contributed by atoms with E-state index in [-0.39, 0.29) is 42.7 Å². The van der Waals surface area contributed by atoms with Gasteiger partial charge < -0.3 is 19.1 Å². The molecule has 0 saturated carbocycles. The largest absolute Gasteiger partial charge is 0.497 e. The number of hydrogen-bond acceptors (Lipinski definition) is 6. The first-order chi connectivity index (χ1) is 19.6. The molecule has 3 aromatic rings. The van der Waals surface area contributed by atoms with Crippen LogP contribution < -0.4 is 14.2 Å². The summed E-state index contributed by atoms with van der Waals surface area (Å²) < 4.78 is 45.7. The normalized spacial score (nSPS) is 15.2. The number of carbonyl (C=O) groups excluding carboxylic acids is 1. The van der Waals surface area contributed by atoms with Gasteiger partial charge in [-0.2, -0.15) is 4.31 Å². The second-order valence-electron chi connectivity index (χ2n) is 10.5. The topological polar surface area (TPSA) is 85.4 Å². The first kappa shape index (κ1) is 30.7. The third-order valence-corrected chi connectivity index (χ3v) is 10.0. The number of hydrogen-bond donors (Lipinski definition) is 0.